The molecule has 0 fully saturated rings. The molecule has 2 aromatic rings. The molecule has 100 valence electrons. The summed E-state index contributed by atoms with van der Waals surface area (Å²) in [5.41, 5.74) is 5.98. The number of nitrogens with one attached hydrogen (secondary N) is 1. The van der Waals surface area contributed by atoms with Crippen LogP contribution in [0.5, 0.6) is 0 Å². The molecule has 0 aliphatic heterocycles. The quantitative estimate of drug-likeness (QED) is 0.897. The molecule has 0 atom stereocenters. The van der Waals surface area contributed by atoms with Gasteiger partial charge in [-0.3, -0.25) is 4.98 Å². The van der Waals surface area contributed by atoms with Crippen molar-refractivity contribution in [3.63, 3.8) is 0 Å². The largest absolute Gasteiger partial charge is 0.418 e. The predicted octanol–water partition coefficient (Wildman–Crippen LogP) is 3.30. The van der Waals surface area contributed by atoms with E-state index in [1.54, 1.807) is 12.1 Å². The summed E-state index contributed by atoms with van der Waals surface area (Å²) in [6.07, 6.45) is -1.38. The predicted molar refractivity (Wildman–Crippen MR) is 66.9 cm³/mol. The molecule has 0 saturated carbocycles. The maximum Gasteiger partial charge on any atom is 0.418 e. The molecule has 1 heterocycles. The van der Waals surface area contributed by atoms with Gasteiger partial charge in [0.25, 0.3) is 0 Å². The van der Waals surface area contributed by atoms with Crippen LogP contribution in [0.25, 0.3) is 0 Å². The molecule has 3 nitrogen and oxygen atoms in total. The number of para-hydroxylation sites is 1. The van der Waals surface area contributed by atoms with Gasteiger partial charge >= 0.3 is 6.18 Å². The van der Waals surface area contributed by atoms with Crippen LogP contribution in [0.1, 0.15) is 11.1 Å². The van der Waals surface area contributed by atoms with E-state index in [-0.39, 0.29) is 12.2 Å². The van der Waals surface area contributed by atoms with E-state index in [4.69, 9.17) is 5.73 Å². The summed E-state index contributed by atoms with van der Waals surface area (Å²) in [7, 11) is 0. The topological polar surface area (TPSA) is 50.9 Å². The number of nitrogens with zero attached hydrogens (tertiary/aromatic N) is 1. The highest BCUT2D eigenvalue weighted by molar-refractivity contribution is 5.66. The first-order chi connectivity index (χ1) is 9.02. The van der Waals surface area contributed by atoms with E-state index in [2.05, 4.69) is 10.3 Å². The third kappa shape index (κ3) is 3.03. The van der Waals surface area contributed by atoms with Gasteiger partial charge in [0, 0.05) is 30.2 Å². The van der Waals surface area contributed by atoms with Crippen LogP contribution >= 0.6 is 0 Å². The van der Waals surface area contributed by atoms with Gasteiger partial charge in [-0.05, 0) is 18.2 Å². The first kappa shape index (κ1) is 13.4. The van der Waals surface area contributed by atoms with Crippen LogP contribution in [0.2, 0.25) is 0 Å². The molecular formula is C13H12F3N3. The zero-order chi connectivity index (χ0) is 13.9. The van der Waals surface area contributed by atoms with Crippen molar-refractivity contribution in [3.8, 4) is 0 Å². The van der Waals surface area contributed by atoms with Gasteiger partial charge in [-0.1, -0.05) is 12.1 Å². The van der Waals surface area contributed by atoms with E-state index >= 15 is 0 Å². The highest BCUT2D eigenvalue weighted by Crippen LogP contribution is 2.36. The minimum atomic E-state index is -4.40. The van der Waals surface area contributed by atoms with Gasteiger partial charge in [-0.2, -0.15) is 13.2 Å². The average Bonchev–Trinajstić information content (AvgIpc) is 2.39. The molecule has 1 aromatic carbocycles. The Labute approximate surface area is 108 Å². The molecule has 0 unspecified atom stereocenters. The van der Waals surface area contributed by atoms with Crippen LogP contribution in [0.4, 0.5) is 24.5 Å². The van der Waals surface area contributed by atoms with Crippen LogP contribution in [0.15, 0.2) is 42.7 Å². The molecular weight excluding hydrogens is 255 g/mol. The highest BCUT2D eigenvalue weighted by atomic mass is 19.4. The van der Waals surface area contributed by atoms with Crippen molar-refractivity contribution < 1.29 is 13.2 Å². The van der Waals surface area contributed by atoms with Gasteiger partial charge in [0.2, 0.25) is 0 Å². The lowest BCUT2D eigenvalue weighted by molar-refractivity contribution is -0.136. The van der Waals surface area contributed by atoms with Gasteiger partial charge < -0.3 is 11.1 Å². The maximum atomic E-state index is 12.9. The minimum Gasteiger partial charge on any atom is -0.355 e. The second-order valence-corrected chi connectivity index (χ2v) is 3.91. The molecule has 19 heavy (non-hydrogen) atoms. The summed E-state index contributed by atoms with van der Waals surface area (Å²) in [4.78, 5) is 3.89. The molecule has 0 amide bonds. The Morgan fingerprint density at radius 1 is 1.11 bits per heavy atom. The second kappa shape index (κ2) is 5.27. The molecule has 0 spiro atoms. The molecule has 3 N–H and O–H groups in total. The van der Waals surface area contributed by atoms with Crippen LogP contribution in [0, 0.1) is 0 Å². The fraction of sp³-hybridized carbons (Fsp3) is 0.154. The van der Waals surface area contributed by atoms with Crippen LogP contribution in [0.3, 0.4) is 0 Å². The highest BCUT2D eigenvalue weighted by Gasteiger charge is 2.33. The summed E-state index contributed by atoms with van der Waals surface area (Å²) in [5, 5.41) is 2.76. The number of hydrogen-bond donors (Lipinski definition) is 2. The molecule has 0 aliphatic carbocycles. The first-order valence-electron chi connectivity index (χ1n) is 5.58. The average molecular weight is 267 g/mol. The zero-order valence-electron chi connectivity index (χ0n) is 9.91. The van der Waals surface area contributed by atoms with Crippen molar-refractivity contribution >= 4 is 11.4 Å². The summed E-state index contributed by atoms with van der Waals surface area (Å²) >= 11 is 0. The van der Waals surface area contributed by atoms with E-state index < -0.39 is 11.7 Å². The fourth-order valence-corrected chi connectivity index (χ4v) is 1.70. The van der Waals surface area contributed by atoms with E-state index in [0.29, 0.717) is 11.3 Å². The maximum absolute atomic E-state index is 12.9. The minimum absolute atomic E-state index is 0.00380. The van der Waals surface area contributed by atoms with Crippen LogP contribution in [-0.2, 0) is 12.7 Å². The number of rotatable bonds is 3. The Morgan fingerprint density at radius 2 is 1.84 bits per heavy atom. The standard InChI is InChI=1S/C13H12F3N3/c14-13(15,16)10-3-1-2-4-12(10)19-11-5-6-18-8-9(11)7-17/h1-6,8H,7,17H2,(H,18,19). The Kier molecular flexibility index (Phi) is 3.71. The number of nitrogens with two attached hydrogens (primary N) is 1. The lowest BCUT2D eigenvalue weighted by Crippen LogP contribution is -2.10. The van der Waals surface area contributed by atoms with Crippen molar-refractivity contribution in [1.29, 1.82) is 0 Å². The van der Waals surface area contributed by atoms with Crippen LogP contribution in [-0.4, -0.2) is 4.98 Å². The van der Waals surface area contributed by atoms with Crippen molar-refractivity contribution in [3.05, 3.63) is 53.9 Å². The number of benzene rings is 1. The third-order valence-corrected chi connectivity index (χ3v) is 2.63. The molecule has 6 heteroatoms. The van der Waals surface area contributed by atoms with Crippen molar-refractivity contribution in [2.75, 3.05) is 5.32 Å². The number of halogens is 3. The van der Waals surface area contributed by atoms with E-state index in [1.807, 2.05) is 0 Å². The Hall–Kier alpha value is -2.08. The molecule has 0 aliphatic rings. The Morgan fingerprint density at radius 3 is 2.53 bits per heavy atom. The van der Waals surface area contributed by atoms with Gasteiger partial charge in [0.05, 0.1) is 11.3 Å². The van der Waals surface area contributed by atoms with E-state index in [1.165, 1.54) is 24.5 Å². The lowest BCUT2D eigenvalue weighted by atomic mass is 10.1. The summed E-state index contributed by atoms with van der Waals surface area (Å²) in [6.45, 7) is 0.199. The SMILES string of the molecule is NCc1cnccc1Nc1ccccc1C(F)(F)F. The lowest BCUT2D eigenvalue weighted by Gasteiger charge is -2.15. The molecule has 2 rings (SSSR count). The van der Waals surface area contributed by atoms with Crippen molar-refractivity contribution in [1.82, 2.24) is 4.98 Å². The molecule has 1 aromatic heterocycles. The molecule has 0 radical (unpaired) electrons. The van der Waals surface area contributed by atoms with E-state index in [0.717, 1.165) is 6.07 Å². The van der Waals surface area contributed by atoms with Gasteiger partial charge in [0.1, 0.15) is 0 Å². The van der Waals surface area contributed by atoms with Gasteiger partial charge in [-0.25, -0.2) is 0 Å². The number of aromatic nitrogens is 1. The Balaban J connectivity index is 2.39. The van der Waals surface area contributed by atoms with Gasteiger partial charge in [-0.15, -0.1) is 0 Å². The zero-order valence-corrected chi connectivity index (χ0v) is 9.91. The molecule has 0 bridgehead atoms. The number of anilines is 2. The van der Waals surface area contributed by atoms with Crippen molar-refractivity contribution in [2.24, 2.45) is 5.73 Å². The Bertz CT molecular complexity index is 567. The summed E-state index contributed by atoms with van der Waals surface area (Å²) in [5.74, 6) is 0. The van der Waals surface area contributed by atoms with Crippen molar-refractivity contribution in [2.45, 2.75) is 12.7 Å². The molecule has 0 saturated heterocycles. The van der Waals surface area contributed by atoms with Gasteiger partial charge in [0.15, 0.2) is 0 Å². The summed E-state index contributed by atoms with van der Waals surface area (Å²) < 4.78 is 38.6. The number of pyridine rings is 1. The second-order valence-electron chi connectivity index (χ2n) is 3.91. The normalized spacial score (nSPS) is 11.4. The number of hydrogen-bond acceptors (Lipinski definition) is 3. The monoisotopic (exact) mass is 267 g/mol. The first-order valence-corrected chi connectivity index (χ1v) is 5.58. The van der Waals surface area contributed by atoms with E-state index in [9.17, 15) is 13.2 Å². The number of alkyl halides is 3. The van der Waals surface area contributed by atoms with Crippen LogP contribution < -0.4 is 11.1 Å². The third-order valence-electron chi connectivity index (χ3n) is 2.63. The fourth-order valence-electron chi connectivity index (χ4n) is 1.70. The summed E-state index contributed by atoms with van der Waals surface area (Å²) in [6, 6.07) is 6.90. The smallest absolute Gasteiger partial charge is 0.355 e.